The van der Waals surface area contributed by atoms with Gasteiger partial charge in [0.1, 0.15) is 0 Å². The van der Waals surface area contributed by atoms with E-state index in [2.05, 4.69) is 14.6 Å². The first-order valence-electron chi connectivity index (χ1n) is 11.0. The van der Waals surface area contributed by atoms with E-state index in [9.17, 15) is 13.2 Å². The van der Waals surface area contributed by atoms with Crippen LogP contribution in [0.4, 0.5) is 0 Å². The molecule has 1 aliphatic carbocycles. The van der Waals surface area contributed by atoms with Crippen molar-refractivity contribution >= 4 is 20.8 Å². The van der Waals surface area contributed by atoms with E-state index in [-0.39, 0.29) is 10.5 Å². The van der Waals surface area contributed by atoms with Crippen LogP contribution in [0.1, 0.15) is 36.8 Å². The van der Waals surface area contributed by atoms with Crippen LogP contribution in [-0.2, 0) is 16.4 Å². The largest absolute Gasteiger partial charge is 0.321 e. The number of aromatic amines is 1. The van der Waals surface area contributed by atoms with Crippen LogP contribution in [0.25, 0.3) is 22.0 Å². The van der Waals surface area contributed by atoms with Crippen molar-refractivity contribution in [1.82, 2.24) is 14.6 Å². The van der Waals surface area contributed by atoms with Crippen LogP contribution in [0.5, 0.6) is 0 Å². The summed E-state index contributed by atoms with van der Waals surface area (Å²) in [5.74, 6) is 0. The normalized spacial score (nSPS) is 16.4. The molecule has 0 amide bonds. The van der Waals surface area contributed by atoms with Crippen LogP contribution < -0.4 is 10.3 Å². The highest BCUT2D eigenvalue weighted by atomic mass is 32.2. The number of nitrogens with zero attached hydrogens (tertiary/aromatic N) is 1. The van der Waals surface area contributed by atoms with Gasteiger partial charge in [0.25, 0.3) is 5.56 Å². The highest BCUT2D eigenvalue weighted by Gasteiger charge is 2.25. The zero-order valence-electron chi connectivity index (χ0n) is 17.5. The molecule has 1 aromatic heterocycles. The number of pyridine rings is 1. The van der Waals surface area contributed by atoms with E-state index in [1.54, 1.807) is 12.1 Å². The topological polar surface area (TPSA) is 82.3 Å². The van der Waals surface area contributed by atoms with Crippen molar-refractivity contribution < 1.29 is 8.42 Å². The summed E-state index contributed by atoms with van der Waals surface area (Å²) >= 11 is 0. The fourth-order valence-corrected chi connectivity index (χ4v) is 5.97. The molecule has 3 aromatic rings. The maximum Gasteiger partial charge on any atom is 0.256 e. The van der Waals surface area contributed by atoms with Gasteiger partial charge >= 0.3 is 0 Å². The van der Waals surface area contributed by atoms with Crippen LogP contribution in [0.2, 0.25) is 0 Å². The van der Waals surface area contributed by atoms with E-state index in [0.29, 0.717) is 18.4 Å². The summed E-state index contributed by atoms with van der Waals surface area (Å²) in [5, 5.41) is 1.59. The minimum Gasteiger partial charge on any atom is -0.321 e. The summed E-state index contributed by atoms with van der Waals surface area (Å²) in [4.78, 5) is 18.2. The molecule has 0 atom stereocenters. The molecule has 31 heavy (non-hydrogen) atoms. The van der Waals surface area contributed by atoms with Gasteiger partial charge in [0, 0.05) is 23.9 Å². The number of sulfonamides is 1. The molecule has 162 valence electrons. The fraction of sp³-hybridized carbons (Fsp3) is 0.375. The molecule has 2 heterocycles. The van der Waals surface area contributed by atoms with E-state index in [4.69, 9.17) is 0 Å². The van der Waals surface area contributed by atoms with Gasteiger partial charge in [-0.1, -0.05) is 30.7 Å². The van der Waals surface area contributed by atoms with Crippen molar-refractivity contribution in [3.05, 3.63) is 63.9 Å². The Bertz CT molecular complexity index is 1290. The lowest BCUT2D eigenvalue weighted by Gasteiger charge is -2.26. The second-order valence-electron chi connectivity index (χ2n) is 8.50. The molecular formula is C24H27N3O3S. The Balaban J connectivity index is 1.33. The van der Waals surface area contributed by atoms with Crippen molar-refractivity contribution in [1.29, 1.82) is 0 Å². The molecule has 2 N–H and O–H groups in total. The van der Waals surface area contributed by atoms with Gasteiger partial charge in [-0.3, -0.25) is 4.79 Å². The lowest BCUT2D eigenvalue weighted by molar-refractivity contribution is 0.227. The third-order valence-electron chi connectivity index (χ3n) is 6.45. The van der Waals surface area contributed by atoms with E-state index in [1.165, 1.54) is 19.3 Å². The molecule has 0 saturated carbocycles. The second-order valence-corrected chi connectivity index (χ2v) is 10.3. The van der Waals surface area contributed by atoms with Gasteiger partial charge in [0.2, 0.25) is 10.0 Å². The van der Waals surface area contributed by atoms with Crippen molar-refractivity contribution in [2.75, 3.05) is 26.2 Å². The Morgan fingerprint density at radius 3 is 2.58 bits per heavy atom. The van der Waals surface area contributed by atoms with Gasteiger partial charge in [-0.25, -0.2) is 13.1 Å². The molecule has 0 spiro atoms. The number of hydrogen-bond acceptors (Lipinski definition) is 4. The van der Waals surface area contributed by atoms with Gasteiger partial charge < -0.3 is 9.88 Å². The Hall–Kier alpha value is -2.48. The third-order valence-corrected chi connectivity index (χ3v) is 7.91. The summed E-state index contributed by atoms with van der Waals surface area (Å²) in [6.45, 7) is 3.61. The van der Waals surface area contributed by atoms with E-state index >= 15 is 0 Å². The van der Waals surface area contributed by atoms with E-state index < -0.39 is 10.0 Å². The average Bonchev–Trinajstić information content (AvgIpc) is 3.16. The van der Waals surface area contributed by atoms with Crippen molar-refractivity contribution in [2.45, 2.75) is 37.0 Å². The zero-order chi connectivity index (χ0) is 21.4. The minimum absolute atomic E-state index is 0.116. The maximum absolute atomic E-state index is 12.8. The summed E-state index contributed by atoms with van der Waals surface area (Å²) in [6.07, 6.45) is 5.20. The van der Waals surface area contributed by atoms with E-state index in [1.807, 2.05) is 30.3 Å². The molecular weight excluding hydrogens is 410 g/mol. The molecule has 0 radical (unpaired) electrons. The number of hydrogen-bond donors (Lipinski definition) is 2. The molecule has 2 aliphatic rings. The quantitative estimate of drug-likeness (QED) is 0.454. The summed E-state index contributed by atoms with van der Waals surface area (Å²) < 4.78 is 28.4. The molecule has 2 aromatic carbocycles. The van der Waals surface area contributed by atoms with Crippen molar-refractivity contribution in [2.24, 2.45) is 0 Å². The molecule has 1 aliphatic heterocycles. The Labute approximate surface area is 182 Å². The van der Waals surface area contributed by atoms with Gasteiger partial charge in [-0.05, 0) is 73.6 Å². The third kappa shape index (κ3) is 3.93. The lowest BCUT2D eigenvalue weighted by atomic mass is 10.0. The van der Waals surface area contributed by atoms with Crippen molar-refractivity contribution in [3.8, 4) is 11.3 Å². The smallest absolute Gasteiger partial charge is 0.256 e. The highest BCUT2D eigenvalue weighted by molar-refractivity contribution is 7.89. The summed E-state index contributed by atoms with van der Waals surface area (Å²) in [5.41, 5.74) is 3.57. The number of nitrogens with one attached hydrogen (secondary N) is 2. The van der Waals surface area contributed by atoms with Crippen LogP contribution >= 0.6 is 0 Å². The SMILES string of the molecule is O=c1[nH]c2c(c3ccccc13)Cc1cc(S(=O)(=O)NCCCN3CCCCC3)ccc1-2. The fourth-order valence-electron chi connectivity index (χ4n) is 4.84. The van der Waals surface area contributed by atoms with Crippen LogP contribution in [0.15, 0.2) is 52.2 Å². The van der Waals surface area contributed by atoms with E-state index in [0.717, 1.165) is 53.8 Å². The molecule has 0 bridgehead atoms. The standard InChI is InChI=1S/C24H27N3O3S/c28-24-21-8-3-2-7-20(21)22-16-17-15-18(9-10-19(17)23(22)26-24)31(29,30)25-11-6-14-27-12-4-1-5-13-27/h2-3,7-10,15,25H,1,4-6,11-14,16H2,(H,26,28). The lowest BCUT2D eigenvalue weighted by Crippen LogP contribution is -2.33. The Morgan fingerprint density at radius 2 is 1.77 bits per heavy atom. The number of likely N-dealkylation sites (tertiary alicyclic amines) is 1. The summed E-state index contributed by atoms with van der Waals surface area (Å²) in [6, 6.07) is 12.7. The molecule has 7 heteroatoms. The number of benzene rings is 2. The summed E-state index contributed by atoms with van der Waals surface area (Å²) in [7, 11) is -3.56. The molecule has 0 unspecified atom stereocenters. The number of aromatic nitrogens is 1. The maximum atomic E-state index is 12.8. The van der Waals surface area contributed by atoms with Gasteiger partial charge in [0.15, 0.2) is 0 Å². The monoisotopic (exact) mass is 437 g/mol. The Morgan fingerprint density at radius 1 is 1.00 bits per heavy atom. The van der Waals surface area contributed by atoms with Crippen LogP contribution in [0, 0.1) is 0 Å². The first-order chi connectivity index (χ1) is 15.0. The molecule has 1 saturated heterocycles. The van der Waals surface area contributed by atoms with Gasteiger partial charge in [-0.15, -0.1) is 0 Å². The zero-order valence-corrected chi connectivity index (χ0v) is 18.3. The van der Waals surface area contributed by atoms with Gasteiger partial charge in [0.05, 0.1) is 10.6 Å². The number of H-pyrrole nitrogens is 1. The first kappa shape index (κ1) is 20.4. The van der Waals surface area contributed by atoms with Gasteiger partial charge in [-0.2, -0.15) is 0 Å². The predicted molar refractivity (Wildman–Crippen MR) is 123 cm³/mol. The number of piperidine rings is 1. The number of fused-ring (bicyclic) bond motifs is 5. The minimum atomic E-state index is -3.56. The van der Waals surface area contributed by atoms with Crippen LogP contribution in [0.3, 0.4) is 0 Å². The predicted octanol–water partition coefficient (Wildman–Crippen LogP) is 3.25. The first-order valence-corrected chi connectivity index (χ1v) is 12.5. The second kappa shape index (κ2) is 8.22. The van der Waals surface area contributed by atoms with Crippen molar-refractivity contribution in [3.63, 3.8) is 0 Å². The highest BCUT2D eigenvalue weighted by Crippen LogP contribution is 2.38. The Kier molecular flexibility index (Phi) is 5.42. The molecule has 6 nitrogen and oxygen atoms in total. The number of rotatable bonds is 6. The molecule has 1 fully saturated rings. The molecule has 5 rings (SSSR count). The van der Waals surface area contributed by atoms with Crippen LogP contribution in [-0.4, -0.2) is 44.5 Å². The average molecular weight is 438 g/mol.